The summed E-state index contributed by atoms with van der Waals surface area (Å²) in [5.74, 6) is -1.05. The largest absolute Gasteiger partial charge is 0.573 e. The van der Waals surface area contributed by atoms with Crippen LogP contribution < -0.4 is 9.47 Å². The molecule has 1 aromatic rings. The van der Waals surface area contributed by atoms with E-state index in [1.165, 1.54) is 14.2 Å². The lowest BCUT2D eigenvalue weighted by molar-refractivity contribution is -0.275. The van der Waals surface area contributed by atoms with Crippen LogP contribution in [0.2, 0.25) is 0 Å². The second-order valence-corrected chi connectivity index (χ2v) is 4.25. The summed E-state index contributed by atoms with van der Waals surface area (Å²) in [7, 11) is 2.45. The van der Waals surface area contributed by atoms with Crippen LogP contribution in [-0.2, 0) is 16.0 Å². The van der Waals surface area contributed by atoms with Gasteiger partial charge in [0.05, 0.1) is 26.3 Å². The number of halogens is 4. The zero-order chi connectivity index (χ0) is 14.6. The first-order valence-electron chi connectivity index (χ1n) is 4.82. The lowest BCUT2D eigenvalue weighted by Crippen LogP contribution is -2.19. The quantitative estimate of drug-likeness (QED) is 0.448. The highest BCUT2D eigenvalue weighted by molar-refractivity contribution is 14.1. The van der Waals surface area contributed by atoms with Gasteiger partial charge in [-0.3, -0.25) is 4.79 Å². The summed E-state index contributed by atoms with van der Waals surface area (Å²) in [5, 5.41) is 0. The summed E-state index contributed by atoms with van der Waals surface area (Å²) >= 11 is 1.57. The van der Waals surface area contributed by atoms with Crippen molar-refractivity contribution in [1.82, 2.24) is 4.98 Å². The molecule has 0 saturated heterocycles. The molecule has 0 amide bonds. The third-order valence-corrected chi connectivity index (χ3v) is 2.74. The number of hydrogen-bond donors (Lipinski definition) is 0. The number of ether oxygens (including phenoxy) is 3. The van der Waals surface area contributed by atoms with Gasteiger partial charge in [0.2, 0.25) is 0 Å². The molecule has 0 bridgehead atoms. The molecule has 0 N–H and O–H groups in total. The number of hydrogen-bond acceptors (Lipinski definition) is 5. The lowest BCUT2D eigenvalue weighted by atomic mass is 10.2. The van der Waals surface area contributed by atoms with E-state index < -0.39 is 18.1 Å². The van der Waals surface area contributed by atoms with Crippen molar-refractivity contribution in [3.05, 3.63) is 15.5 Å². The Bertz CT molecular complexity index is 479. The Morgan fingerprint density at radius 1 is 1.37 bits per heavy atom. The van der Waals surface area contributed by atoms with Crippen molar-refractivity contribution in [2.24, 2.45) is 0 Å². The Labute approximate surface area is 120 Å². The van der Waals surface area contributed by atoms with Crippen molar-refractivity contribution in [1.29, 1.82) is 0 Å². The van der Waals surface area contributed by atoms with Crippen molar-refractivity contribution in [3.63, 3.8) is 0 Å². The third kappa shape index (κ3) is 4.73. The number of rotatable bonds is 4. The van der Waals surface area contributed by atoms with Crippen LogP contribution in [0.1, 0.15) is 5.69 Å². The molecule has 0 aromatic carbocycles. The van der Waals surface area contributed by atoms with Gasteiger partial charge in [0.15, 0.2) is 5.75 Å². The molecule has 19 heavy (non-hydrogen) atoms. The van der Waals surface area contributed by atoms with Gasteiger partial charge in [-0.1, -0.05) is 0 Å². The van der Waals surface area contributed by atoms with E-state index in [9.17, 15) is 18.0 Å². The number of esters is 1. The summed E-state index contributed by atoms with van der Waals surface area (Å²) in [6, 6.07) is 1.03. The molecule has 1 rings (SSSR count). The first kappa shape index (κ1) is 15.8. The Morgan fingerprint density at radius 2 is 2.00 bits per heavy atom. The maximum atomic E-state index is 12.2. The second kappa shape index (κ2) is 6.26. The molecule has 0 aliphatic rings. The molecule has 0 aliphatic heterocycles. The molecule has 0 spiro atoms. The molecule has 0 unspecified atom stereocenters. The smallest absolute Gasteiger partial charge is 0.495 e. The Morgan fingerprint density at radius 3 is 2.47 bits per heavy atom. The van der Waals surface area contributed by atoms with Gasteiger partial charge in [-0.25, -0.2) is 4.98 Å². The minimum atomic E-state index is -4.82. The molecular formula is C10H9F3INO4. The van der Waals surface area contributed by atoms with Crippen LogP contribution in [0.5, 0.6) is 11.5 Å². The zero-order valence-corrected chi connectivity index (χ0v) is 12.0. The maximum absolute atomic E-state index is 12.2. The predicted octanol–water partition coefficient (Wildman–Crippen LogP) is 2.31. The highest BCUT2D eigenvalue weighted by atomic mass is 127. The van der Waals surface area contributed by atoms with Crippen molar-refractivity contribution < 1.29 is 32.2 Å². The first-order valence-corrected chi connectivity index (χ1v) is 5.90. The average molecular weight is 391 g/mol. The topological polar surface area (TPSA) is 57.7 Å². The molecule has 0 saturated carbocycles. The van der Waals surface area contributed by atoms with Gasteiger partial charge in [-0.2, -0.15) is 0 Å². The summed E-state index contributed by atoms with van der Waals surface area (Å²) in [5.41, 5.74) is 0.174. The normalized spacial score (nSPS) is 11.1. The number of carbonyl (C=O) groups excluding carboxylic acids is 1. The predicted molar refractivity (Wildman–Crippen MR) is 65.9 cm³/mol. The summed E-state index contributed by atoms with van der Waals surface area (Å²) in [4.78, 5) is 15.0. The van der Waals surface area contributed by atoms with Crippen molar-refractivity contribution in [2.75, 3.05) is 14.2 Å². The minimum absolute atomic E-state index is 0.0186. The minimum Gasteiger partial charge on any atom is -0.495 e. The van der Waals surface area contributed by atoms with E-state index >= 15 is 0 Å². The Kier molecular flexibility index (Phi) is 5.20. The number of nitrogens with zero attached hydrogens (tertiary/aromatic N) is 1. The van der Waals surface area contributed by atoms with E-state index in [4.69, 9.17) is 4.74 Å². The van der Waals surface area contributed by atoms with Crippen molar-refractivity contribution in [3.8, 4) is 11.5 Å². The van der Waals surface area contributed by atoms with Gasteiger partial charge in [0.1, 0.15) is 9.45 Å². The van der Waals surface area contributed by atoms with E-state index in [0.717, 1.165) is 6.07 Å². The van der Waals surface area contributed by atoms with E-state index in [0.29, 0.717) is 0 Å². The molecule has 0 fully saturated rings. The lowest BCUT2D eigenvalue weighted by Gasteiger charge is -2.13. The highest BCUT2D eigenvalue weighted by Gasteiger charge is 2.33. The van der Waals surface area contributed by atoms with Gasteiger partial charge in [-0.15, -0.1) is 13.2 Å². The average Bonchev–Trinajstić information content (AvgIpc) is 2.30. The van der Waals surface area contributed by atoms with Crippen molar-refractivity contribution in [2.45, 2.75) is 12.8 Å². The SMILES string of the molecule is COC(=O)Cc1nc(I)c(OC(F)(F)F)cc1OC. The van der Waals surface area contributed by atoms with Crippen LogP contribution in [0.3, 0.4) is 0 Å². The molecule has 1 heterocycles. The first-order chi connectivity index (χ1) is 8.76. The van der Waals surface area contributed by atoms with Crippen LogP contribution in [0.15, 0.2) is 6.07 Å². The van der Waals surface area contributed by atoms with E-state index in [1.807, 2.05) is 0 Å². The molecule has 0 aliphatic carbocycles. The van der Waals surface area contributed by atoms with Crippen LogP contribution in [0.25, 0.3) is 0 Å². The number of alkyl halides is 3. The van der Waals surface area contributed by atoms with E-state index in [1.54, 1.807) is 22.6 Å². The fraction of sp³-hybridized carbons (Fsp3) is 0.400. The Balaban J connectivity index is 3.10. The second-order valence-electron chi connectivity index (χ2n) is 3.23. The summed E-state index contributed by atoms with van der Waals surface area (Å²) < 4.78 is 49.6. The monoisotopic (exact) mass is 391 g/mol. The number of methoxy groups -OCH3 is 2. The summed E-state index contributed by atoms with van der Waals surface area (Å²) in [6.07, 6.45) is -5.03. The number of pyridine rings is 1. The van der Waals surface area contributed by atoms with Gasteiger partial charge in [0.25, 0.3) is 0 Å². The van der Waals surface area contributed by atoms with Crippen LogP contribution in [-0.4, -0.2) is 31.5 Å². The number of aromatic nitrogens is 1. The van der Waals surface area contributed by atoms with Crippen LogP contribution in [0.4, 0.5) is 13.2 Å². The van der Waals surface area contributed by atoms with Gasteiger partial charge in [0, 0.05) is 6.07 Å². The van der Waals surface area contributed by atoms with Gasteiger partial charge in [-0.05, 0) is 22.6 Å². The van der Waals surface area contributed by atoms with E-state index in [2.05, 4.69) is 14.5 Å². The number of carbonyl (C=O) groups is 1. The molecule has 1 aromatic heterocycles. The summed E-state index contributed by atoms with van der Waals surface area (Å²) in [6.45, 7) is 0. The molecule has 106 valence electrons. The zero-order valence-electron chi connectivity index (χ0n) is 9.88. The fourth-order valence-electron chi connectivity index (χ4n) is 1.20. The van der Waals surface area contributed by atoms with Crippen LogP contribution >= 0.6 is 22.6 Å². The van der Waals surface area contributed by atoms with Crippen LogP contribution in [0, 0.1) is 3.70 Å². The van der Waals surface area contributed by atoms with Crippen molar-refractivity contribution >= 4 is 28.6 Å². The third-order valence-electron chi connectivity index (χ3n) is 1.97. The maximum Gasteiger partial charge on any atom is 0.573 e. The van der Waals surface area contributed by atoms with Gasteiger partial charge >= 0.3 is 12.3 Å². The van der Waals surface area contributed by atoms with Gasteiger partial charge < -0.3 is 14.2 Å². The molecule has 5 nitrogen and oxygen atoms in total. The highest BCUT2D eigenvalue weighted by Crippen LogP contribution is 2.31. The standard InChI is InChI=1S/C10H9F3INO4/c1-17-6-4-7(19-10(11,12)13)9(14)15-5(6)3-8(16)18-2/h4H,3H2,1-2H3. The molecular weight excluding hydrogens is 382 g/mol. The molecule has 0 radical (unpaired) electrons. The fourth-order valence-corrected chi connectivity index (χ4v) is 1.76. The Hall–Kier alpha value is -1.26. The molecule has 0 atom stereocenters. The van der Waals surface area contributed by atoms with E-state index in [-0.39, 0.29) is 21.6 Å². The molecule has 9 heteroatoms.